The number of nitrogens with zero attached hydrogens (tertiary/aromatic N) is 1. The molecular formula is C17H13NOS. The number of carbonyl (C=O) groups is 1. The molecule has 1 aromatic heterocycles. The van der Waals surface area contributed by atoms with E-state index < -0.39 is 0 Å². The quantitative estimate of drug-likeness (QED) is 0.661. The van der Waals surface area contributed by atoms with Crippen LogP contribution in [0.25, 0.3) is 10.9 Å². The number of pyridine rings is 1. The second kappa shape index (κ2) is 5.47. The molecule has 0 saturated heterocycles. The molecule has 0 amide bonds. The van der Waals surface area contributed by atoms with Gasteiger partial charge < -0.3 is 0 Å². The first-order valence-corrected chi connectivity index (χ1v) is 7.17. The summed E-state index contributed by atoms with van der Waals surface area (Å²) in [6, 6.07) is 17.9. The summed E-state index contributed by atoms with van der Waals surface area (Å²) in [5.41, 5.74) is 2.76. The minimum absolute atomic E-state index is 0.634. The average Bonchev–Trinajstić information content (AvgIpc) is 2.49. The van der Waals surface area contributed by atoms with E-state index in [4.69, 9.17) is 0 Å². The first kappa shape index (κ1) is 12.9. The number of para-hydroxylation sites is 1. The van der Waals surface area contributed by atoms with E-state index in [2.05, 4.69) is 24.0 Å². The van der Waals surface area contributed by atoms with Gasteiger partial charge in [-0.2, -0.15) is 0 Å². The van der Waals surface area contributed by atoms with Gasteiger partial charge >= 0.3 is 0 Å². The predicted molar refractivity (Wildman–Crippen MR) is 82.4 cm³/mol. The summed E-state index contributed by atoms with van der Waals surface area (Å²) in [5, 5.41) is 1.74. The van der Waals surface area contributed by atoms with E-state index in [9.17, 15) is 4.79 Å². The van der Waals surface area contributed by atoms with Gasteiger partial charge in [0.05, 0.1) is 5.52 Å². The molecule has 20 heavy (non-hydrogen) atoms. The Bertz CT molecular complexity index is 766. The Hall–Kier alpha value is -2.13. The van der Waals surface area contributed by atoms with E-state index >= 15 is 0 Å². The van der Waals surface area contributed by atoms with Crippen LogP contribution in [0, 0.1) is 6.92 Å². The summed E-state index contributed by atoms with van der Waals surface area (Å²) in [7, 11) is 0. The number of rotatable bonds is 3. The molecular weight excluding hydrogens is 266 g/mol. The molecule has 0 radical (unpaired) electrons. The van der Waals surface area contributed by atoms with Gasteiger partial charge in [0.1, 0.15) is 5.03 Å². The molecule has 0 aliphatic carbocycles. The lowest BCUT2D eigenvalue weighted by molar-refractivity contribution is 0.112. The fourth-order valence-electron chi connectivity index (χ4n) is 2.00. The summed E-state index contributed by atoms with van der Waals surface area (Å²) in [6.07, 6.45) is 0.871. The van der Waals surface area contributed by atoms with Crippen molar-refractivity contribution in [1.82, 2.24) is 4.98 Å². The first-order chi connectivity index (χ1) is 9.76. The van der Waals surface area contributed by atoms with E-state index in [1.807, 2.05) is 42.5 Å². The third kappa shape index (κ3) is 2.58. The van der Waals surface area contributed by atoms with Crippen molar-refractivity contribution in [3.8, 4) is 0 Å². The smallest absolute Gasteiger partial charge is 0.152 e. The summed E-state index contributed by atoms with van der Waals surface area (Å²) in [4.78, 5) is 16.9. The van der Waals surface area contributed by atoms with Gasteiger partial charge in [-0.25, -0.2) is 4.98 Å². The average molecular weight is 279 g/mol. The molecule has 0 aliphatic rings. The molecule has 0 spiro atoms. The number of aryl methyl sites for hydroxylation is 1. The number of fused-ring (bicyclic) bond motifs is 1. The van der Waals surface area contributed by atoms with Crippen LogP contribution >= 0.6 is 11.8 Å². The van der Waals surface area contributed by atoms with Crippen LogP contribution in [0.3, 0.4) is 0 Å². The highest BCUT2D eigenvalue weighted by molar-refractivity contribution is 7.99. The van der Waals surface area contributed by atoms with Gasteiger partial charge in [0, 0.05) is 15.8 Å². The number of aromatic nitrogens is 1. The Labute approximate surface area is 121 Å². The largest absolute Gasteiger partial charge is 0.298 e. The van der Waals surface area contributed by atoms with Gasteiger partial charge in [0.15, 0.2) is 6.29 Å². The molecule has 0 unspecified atom stereocenters. The van der Waals surface area contributed by atoms with Crippen molar-refractivity contribution in [1.29, 1.82) is 0 Å². The van der Waals surface area contributed by atoms with Crippen LogP contribution in [-0.2, 0) is 0 Å². The van der Waals surface area contributed by atoms with Gasteiger partial charge in [0.25, 0.3) is 0 Å². The van der Waals surface area contributed by atoms with Gasteiger partial charge in [0.2, 0.25) is 0 Å². The molecule has 1 heterocycles. The summed E-state index contributed by atoms with van der Waals surface area (Å²) in [6.45, 7) is 2.06. The highest BCUT2D eigenvalue weighted by atomic mass is 32.2. The maximum atomic E-state index is 11.3. The molecule has 0 N–H and O–H groups in total. The standard InChI is InChI=1S/C17H13NOS/c1-12-6-8-15(9-7-12)20-17-14(11-19)10-13-4-2-3-5-16(13)18-17/h2-11H,1H3. The van der Waals surface area contributed by atoms with Crippen LogP contribution in [0.1, 0.15) is 15.9 Å². The highest BCUT2D eigenvalue weighted by Gasteiger charge is 2.08. The second-order valence-electron chi connectivity index (χ2n) is 4.61. The second-order valence-corrected chi connectivity index (χ2v) is 5.67. The van der Waals surface area contributed by atoms with Crippen LogP contribution in [0.15, 0.2) is 64.5 Å². The highest BCUT2D eigenvalue weighted by Crippen LogP contribution is 2.30. The Kier molecular flexibility index (Phi) is 3.52. The number of benzene rings is 2. The zero-order chi connectivity index (χ0) is 13.9. The molecule has 98 valence electrons. The number of hydrogen-bond donors (Lipinski definition) is 0. The number of carbonyl (C=O) groups excluding carboxylic acids is 1. The fourth-order valence-corrected chi connectivity index (χ4v) is 2.86. The van der Waals surface area contributed by atoms with E-state index in [1.165, 1.54) is 17.3 Å². The molecule has 3 heteroatoms. The van der Waals surface area contributed by atoms with Gasteiger partial charge in [-0.05, 0) is 31.2 Å². The third-order valence-electron chi connectivity index (χ3n) is 3.08. The van der Waals surface area contributed by atoms with Gasteiger partial charge in [-0.3, -0.25) is 4.79 Å². The topological polar surface area (TPSA) is 30.0 Å². The lowest BCUT2D eigenvalue weighted by Gasteiger charge is -2.06. The van der Waals surface area contributed by atoms with Crippen molar-refractivity contribution in [2.45, 2.75) is 16.8 Å². The number of hydrogen-bond acceptors (Lipinski definition) is 3. The van der Waals surface area contributed by atoms with Gasteiger partial charge in [-0.1, -0.05) is 47.7 Å². The van der Waals surface area contributed by atoms with Crippen molar-refractivity contribution in [3.63, 3.8) is 0 Å². The van der Waals surface area contributed by atoms with Crippen molar-refractivity contribution >= 4 is 29.0 Å². The van der Waals surface area contributed by atoms with Gasteiger partial charge in [-0.15, -0.1) is 0 Å². The van der Waals surface area contributed by atoms with E-state index in [-0.39, 0.29) is 0 Å². The molecule has 3 rings (SSSR count). The van der Waals surface area contributed by atoms with E-state index in [1.54, 1.807) is 0 Å². The van der Waals surface area contributed by atoms with Crippen molar-refractivity contribution in [2.24, 2.45) is 0 Å². The molecule has 2 aromatic carbocycles. The minimum Gasteiger partial charge on any atom is -0.298 e. The zero-order valence-electron chi connectivity index (χ0n) is 11.0. The predicted octanol–water partition coefficient (Wildman–Crippen LogP) is 4.51. The number of aldehydes is 1. The monoisotopic (exact) mass is 279 g/mol. The van der Waals surface area contributed by atoms with Crippen molar-refractivity contribution in [3.05, 3.63) is 65.7 Å². The van der Waals surface area contributed by atoms with Crippen molar-refractivity contribution < 1.29 is 4.79 Å². The summed E-state index contributed by atoms with van der Waals surface area (Å²) < 4.78 is 0. The molecule has 3 aromatic rings. The molecule has 0 saturated carbocycles. The molecule has 0 fully saturated rings. The van der Waals surface area contributed by atoms with E-state index in [0.29, 0.717) is 5.56 Å². The maximum Gasteiger partial charge on any atom is 0.152 e. The summed E-state index contributed by atoms with van der Waals surface area (Å²) >= 11 is 1.52. The molecule has 0 atom stereocenters. The fraction of sp³-hybridized carbons (Fsp3) is 0.0588. The Morgan fingerprint density at radius 1 is 1.05 bits per heavy atom. The van der Waals surface area contributed by atoms with E-state index in [0.717, 1.165) is 27.1 Å². The van der Waals surface area contributed by atoms with Crippen LogP contribution in [0.2, 0.25) is 0 Å². The summed E-state index contributed by atoms with van der Waals surface area (Å²) in [5.74, 6) is 0. The first-order valence-electron chi connectivity index (χ1n) is 6.36. The SMILES string of the molecule is Cc1ccc(Sc2nc3ccccc3cc2C=O)cc1. The third-order valence-corrected chi connectivity index (χ3v) is 4.11. The van der Waals surface area contributed by atoms with Crippen LogP contribution in [-0.4, -0.2) is 11.3 Å². The normalized spacial score (nSPS) is 10.7. The Morgan fingerprint density at radius 3 is 2.55 bits per heavy atom. The van der Waals surface area contributed by atoms with Crippen LogP contribution in [0.4, 0.5) is 0 Å². The van der Waals surface area contributed by atoms with Crippen LogP contribution in [0.5, 0.6) is 0 Å². The molecule has 0 aliphatic heterocycles. The lowest BCUT2D eigenvalue weighted by Crippen LogP contribution is -1.91. The van der Waals surface area contributed by atoms with Crippen LogP contribution < -0.4 is 0 Å². The Morgan fingerprint density at radius 2 is 1.80 bits per heavy atom. The van der Waals surface area contributed by atoms with Crippen molar-refractivity contribution in [2.75, 3.05) is 0 Å². The molecule has 0 bridgehead atoms. The maximum absolute atomic E-state index is 11.3. The minimum atomic E-state index is 0.634. The zero-order valence-corrected chi connectivity index (χ0v) is 11.9. The molecule has 2 nitrogen and oxygen atoms in total. The Balaban J connectivity index is 2.05. The lowest BCUT2D eigenvalue weighted by atomic mass is 10.2.